The van der Waals surface area contributed by atoms with Crippen LogP contribution in [0.15, 0.2) is 24.5 Å². The molecular formula is C12H20Cl3NO3Si2. The molecule has 4 nitrogen and oxygen atoms in total. The largest absolute Gasteiger partial charge is 0.415 e. The molecule has 1 rings (SSSR count). The molecule has 0 radical (unpaired) electrons. The minimum absolute atomic E-state index is 0.00394. The zero-order valence-corrected chi connectivity index (χ0v) is 16.8. The number of hydrogen-bond donors (Lipinski definition) is 0. The van der Waals surface area contributed by atoms with E-state index in [9.17, 15) is 0 Å². The third-order valence-electron chi connectivity index (χ3n) is 2.38. The molecular weight excluding hydrogens is 369 g/mol. The monoisotopic (exact) mass is 387 g/mol. The van der Waals surface area contributed by atoms with Crippen molar-refractivity contribution in [2.45, 2.75) is 36.6 Å². The number of pyridine rings is 1. The summed E-state index contributed by atoms with van der Waals surface area (Å²) in [4.78, 5) is 4.05. The van der Waals surface area contributed by atoms with E-state index in [1.54, 1.807) is 12.4 Å². The Morgan fingerprint density at radius 2 is 1.71 bits per heavy atom. The molecule has 0 aliphatic carbocycles. The number of hydrogen-bond acceptors (Lipinski definition) is 4. The quantitative estimate of drug-likeness (QED) is 0.512. The van der Waals surface area contributed by atoms with Crippen LogP contribution in [-0.4, -0.2) is 32.5 Å². The predicted octanol–water partition coefficient (Wildman–Crippen LogP) is 4.41. The van der Waals surface area contributed by atoms with Crippen LogP contribution in [-0.2, 0) is 19.6 Å². The number of alkyl halides is 3. The maximum Gasteiger partial charge on any atom is 0.323 e. The fourth-order valence-electron chi connectivity index (χ4n) is 1.65. The summed E-state index contributed by atoms with van der Waals surface area (Å²) in [6.07, 6.45) is 3.50. The highest BCUT2D eigenvalue weighted by Crippen LogP contribution is 2.28. The van der Waals surface area contributed by atoms with Crippen LogP contribution >= 0.6 is 34.8 Å². The predicted molar refractivity (Wildman–Crippen MR) is 91.3 cm³/mol. The molecule has 0 saturated carbocycles. The maximum atomic E-state index is 6.08. The SMILES string of the molecule is C[Si](C)(OCc1cccnc1)O[Si](C)(C)OCC(Cl)(Cl)Cl. The Labute approximate surface area is 143 Å². The van der Waals surface area contributed by atoms with Crippen molar-refractivity contribution in [2.75, 3.05) is 6.61 Å². The summed E-state index contributed by atoms with van der Waals surface area (Å²) in [5, 5.41) is 0. The van der Waals surface area contributed by atoms with Crippen molar-refractivity contribution >= 4 is 51.9 Å². The summed E-state index contributed by atoms with van der Waals surface area (Å²) in [7, 11) is -4.76. The van der Waals surface area contributed by atoms with E-state index >= 15 is 0 Å². The van der Waals surface area contributed by atoms with Crippen LogP contribution in [0.3, 0.4) is 0 Å². The van der Waals surface area contributed by atoms with Crippen LogP contribution in [0.5, 0.6) is 0 Å². The number of halogens is 3. The van der Waals surface area contributed by atoms with Gasteiger partial charge in [0, 0.05) is 12.4 Å². The molecule has 9 heteroatoms. The minimum atomic E-state index is -2.42. The Balaban J connectivity index is 2.50. The first kappa shape index (κ1) is 19.4. The highest BCUT2D eigenvalue weighted by atomic mass is 35.6. The standard InChI is InChI=1S/C12H20Cl3NO3Si2/c1-20(2,17-9-11-6-5-7-16-8-11)19-21(3,4)18-10-12(13,14)15/h5-8H,9-10H2,1-4H3. The van der Waals surface area contributed by atoms with E-state index in [0.29, 0.717) is 6.61 Å². The van der Waals surface area contributed by atoms with Crippen molar-refractivity contribution in [3.63, 3.8) is 0 Å². The second-order valence-corrected chi connectivity index (χ2v) is 15.0. The summed E-state index contributed by atoms with van der Waals surface area (Å²) in [6, 6.07) is 3.83. The van der Waals surface area contributed by atoms with Gasteiger partial charge in [-0.15, -0.1) is 0 Å². The van der Waals surface area contributed by atoms with E-state index < -0.39 is 20.9 Å². The lowest BCUT2D eigenvalue weighted by Gasteiger charge is -2.33. The Bertz CT molecular complexity index is 441. The summed E-state index contributed by atoms with van der Waals surface area (Å²) in [6.45, 7) is 8.22. The van der Waals surface area contributed by atoms with E-state index in [0.717, 1.165) is 5.56 Å². The molecule has 0 N–H and O–H groups in total. The van der Waals surface area contributed by atoms with E-state index in [2.05, 4.69) is 4.98 Å². The molecule has 1 aromatic rings. The Morgan fingerprint density at radius 3 is 2.24 bits per heavy atom. The van der Waals surface area contributed by atoms with Crippen LogP contribution in [0.25, 0.3) is 0 Å². The molecule has 0 spiro atoms. The lowest BCUT2D eigenvalue weighted by atomic mass is 10.3. The number of rotatable bonds is 7. The molecule has 0 unspecified atom stereocenters. The summed E-state index contributed by atoms with van der Waals surface area (Å²) in [5.74, 6) is 0. The van der Waals surface area contributed by atoms with Gasteiger partial charge in [0.05, 0.1) is 13.2 Å². The summed E-state index contributed by atoms with van der Waals surface area (Å²) in [5.41, 5.74) is 1.00. The summed E-state index contributed by atoms with van der Waals surface area (Å²) < 4.78 is 16.2. The van der Waals surface area contributed by atoms with Gasteiger partial charge in [-0.25, -0.2) is 0 Å². The fraction of sp³-hybridized carbons (Fsp3) is 0.583. The minimum Gasteiger partial charge on any atom is -0.415 e. The first-order chi connectivity index (χ1) is 9.49. The van der Waals surface area contributed by atoms with Crippen LogP contribution in [0, 0.1) is 0 Å². The smallest absolute Gasteiger partial charge is 0.323 e. The van der Waals surface area contributed by atoms with Gasteiger partial charge >= 0.3 is 17.1 Å². The molecule has 0 saturated heterocycles. The van der Waals surface area contributed by atoms with Gasteiger partial charge in [-0.05, 0) is 37.8 Å². The molecule has 21 heavy (non-hydrogen) atoms. The Kier molecular flexibility index (Phi) is 7.14. The number of nitrogens with zero attached hydrogens (tertiary/aromatic N) is 1. The third-order valence-corrected chi connectivity index (χ3v) is 8.32. The Morgan fingerprint density at radius 1 is 1.10 bits per heavy atom. The van der Waals surface area contributed by atoms with E-state index in [-0.39, 0.29) is 6.61 Å². The van der Waals surface area contributed by atoms with Gasteiger partial charge in [0.15, 0.2) is 0 Å². The summed E-state index contributed by atoms with van der Waals surface area (Å²) >= 11 is 17.1. The van der Waals surface area contributed by atoms with Gasteiger partial charge in [0.25, 0.3) is 0 Å². The molecule has 0 bridgehead atoms. The third kappa shape index (κ3) is 9.15. The average molecular weight is 389 g/mol. The molecule has 0 aliphatic rings. The average Bonchev–Trinajstić information content (AvgIpc) is 2.34. The first-order valence-electron chi connectivity index (χ1n) is 6.43. The van der Waals surface area contributed by atoms with Gasteiger partial charge in [0.1, 0.15) is 0 Å². The lowest BCUT2D eigenvalue weighted by Crippen LogP contribution is -2.49. The van der Waals surface area contributed by atoms with Gasteiger partial charge in [-0.2, -0.15) is 0 Å². The molecule has 0 aromatic carbocycles. The van der Waals surface area contributed by atoms with Crippen molar-refractivity contribution in [2.24, 2.45) is 0 Å². The normalized spacial score (nSPS) is 13.5. The maximum absolute atomic E-state index is 6.08. The van der Waals surface area contributed by atoms with Crippen LogP contribution in [0.2, 0.25) is 26.2 Å². The van der Waals surface area contributed by atoms with Crippen LogP contribution in [0.4, 0.5) is 0 Å². The zero-order valence-electron chi connectivity index (χ0n) is 12.5. The molecule has 1 heterocycles. The van der Waals surface area contributed by atoms with E-state index in [1.807, 2.05) is 38.3 Å². The molecule has 0 amide bonds. The van der Waals surface area contributed by atoms with Crippen molar-refractivity contribution in [3.05, 3.63) is 30.1 Å². The second kappa shape index (κ2) is 7.74. The lowest BCUT2D eigenvalue weighted by molar-refractivity contribution is 0.191. The molecule has 0 aliphatic heterocycles. The molecule has 0 atom stereocenters. The van der Waals surface area contributed by atoms with Crippen molar-refractivity contribution in [3.8, 4) is 0 Å². The number of aromatic nitrogens is 1. The zero-order chi connectivity index (χ0) is 16.1. The van der Waals surface area contributed by atoms with Crippen LogP contribution < -0.4 is 0 Å². The first-order valence-corrected chi connectivity index (χ1v) is 13.2. The van der Waals surface area contributed by atoms with E-state index in [1.165, 1.54) is 0 Å². The molecule has 0 fully saturated rings. The van der Waals surface area contributed by atoms with Crippen molar-refractivity contribution in [1.82, 2.24) is 4.98 Å². The highest BCUT2D eigenvalue weighted by molar-refractivity contribution is 6.78. The molecule has 1 aromatic heterocycles. The van der Waals surface area contributed by atoms with Gasteiger partial charge in [-0.1, -0.05) is 40.9 Å². The van der Waals surface area contributed by atoms with E-state index in [4.69, 9.17) is 47.8 Å². The highest BCUT2D eigenvalue weighted by Gasteiger charge is 2.38. The second-order valence-electron chi connectivity index (χ2n) is 5.46. The van der Waals surface area contributed by atoms with Crippen molar-refractivity contribution in [1.29, 1.82) is 0 Å². The topological polar surface area (TPSA) is 40.6 Å². The fourth-order valence-corrected chi connectivity index (χ4v) is 8.37. The molecule has 120 valence electrons. The van der Waals surface area contributed by atoms with Crippen LogP contribution in [0.1, 0.15) is 5.56 Å². The van der Waals surface area contributed by atoms with Crippen molar-refractivity contribution < 1.29 is 13.0 Å². The van der Waals surface area contributed by atoms with Gasteiger partial charge < -0.3 is 13.0 Å². The van der Waals surface area contributed by atoms with Gasteiger partial charge in [0.2, 0.25) is 3.79 Å². The van der Waals surface area contributed by atoms with Gasteiger partial charge in [-0.3, -0.25) is 4.98 Å². The Hall–Kier alpha value is 0.334.